The predicted molar refractivity (Wildman–Crippen MR) is 80.2 cm³/mol. The van der Waals surface area contributed by atoms with Crippen molar-refractivity contribution >= 4 is 23.6 Å². The molecule has 0 unspecified atom stereocenters. The molecule has 112 valence electrons. The van der Waals surface area contributed by atoms with Crippen molar-refractivity contribution in [2.75, 3.05) is 0 Å². The van der Waals surface area contributed by atoms with Crippen LogP contribution in [0.15, 0.2) is 41.4 Å². The zero-order valence-corrected chi connectivity index (χ0v) is 11.6. The molecule has 7 heteroatoms. The first-order valence-corrected chi connectivity index (χ1v) is 6.24. The van der Waals surface area contributed by atoms with Crippen molar-refractivity contribution in [2.45, 2.75) is 6.92 Å². The number of rotatable bonds is 4. The van der Waals surface area contributed by atoms with Gasteiger partial charge < -0.3 is 10.2 Å². The molecule has 0 bridgehead atoms. The van der Waals surface area contributed by atoms with Crippen LogP contribution in [0.1, 0.15) is 21.5 Å². The topological polar surface area (TPSA) is 113 Å². The van der Waals surface area contributed by atoms with Gasteiger partial charge in [-0.2, -0.15) is 0 Å². The van der Waals surface area contributed by atoms with Crippen LogP contribution in [-0.4, -0.2) is 27.3 Å². The highest BCUT2D eigenvalue weighted by molar-refractivity contribution is 5.90. The van der Waals surface area contributed by atoms with E-state index in [4.69, 9.17) is 5.11 Å². The van der Waals surface area contributed by atoms with Crippen LogP contribution in [0.2, 0.25) is 0 Å². The van der Waals surface area contributed by atoms with E-state index in [0.717, 1.165) is 0 Å². The van der Waals surface area contributed by atoms with Gasteiger partial charge in [0.1, 0.15) is 0 Å². The lowest BCUT2D eigenvalue weighted by Crippen LogP contribution is -1.96. The van der Waals surface area contributed by atoms with Gasteiger partial charge in [-0.15, -0.1) is 0 Å². The molecule has 2 aromatic carbocycles. The molecule has 2 aromatic rings. The molecule has 0 heterocycles. The van der Waals surface area contributed by atoms with Gasteiger partial charge in [-0.05, 0) is 36.8 Å². The van der Waals surface area contributed by atoms with E-state index in [2.05, 4.69) is 4.99 Å². The van der Waals surface area contributed by atoms with E-state index in [-0.39, 0.29) is 11.1 Å². The second-order valence-corrected chi connectivity index (χ2v) is 4.54. The number of benzene rings is 2. The second-order valence-electron chi connectivity index (χ2n) is 4.54. The second kappa shape index (κ2) is 6.04. The molecule has 0 aliphatic rings. The minimum atomic E-state index is -1.03. The minimum Gasteiger partial charge on any atom is -0.502 e. The maximum absolute atomic E-state index is 10.9. The van der Waals surface area contributed by atoms with Crippen molar-refractivity contribution in [3.05, 3.63) is 63.2 Å². The Morgan fingerprint density at radius 3 is 2.64 bits per heavy atom. The summed E-state index contributed by atoms with van der Waals surface area (Å²) in [6.45, 7) is 1.70. The molecule has 0 amide bonds. The van der Waals surface area contributed by atoms with E-state index in [0.29, 0.717) is 11.3 Å². The van der Waals surface area contributed by atoms with Crippen LogP contribution in [0, 0.1) is 17.0 Å². The van der Waals surface area contributed by atoms with Crippen molar-refractivity contribution in [2.24, 2.45) is 4.99 Å². The molecule has 0 saturated heterocycles. The summed E-state index contributed by atoms with van der Waals surface area (Å²) in [6, 6.07) is 8.55. The van der Waals surface area contributed by atoms with Crippen LogP contribution in [0.25, 0.3) is 0 Å². The highest BCUT2D eigenvalue weighted by Gasteiger charge is 2.15. The van der Waals surface area contributed by atoms with Crippen LogP contribution in [0.3, 0.4) is 0 Å². The van der Waals surface area contributed by atoms with Crippen LogP contribution in [-0.2, 0) is 0 Å². The average molecular weight is 300 g/mol. The van der Waals surface area contributed by atoms with E-state index < -0.39 is 22.3 Å². The first kappa shape index (κ1) is 15.2. The zero-order chi connectivity index (χ0) is 16.3. The number of aromatic carboxylic acids is 1. The van der Waals surface area contributed by atoms with Gasteiger partial charge in [-0.3, -0.25) is 15.1 Å². The van der Waals surface area contributed by atoms with Gasteiger partial charge in [0.25, 0.3) is 0 Å². The van der Waals surface area contributed by atoms with Crippen LogP contribution in [0.5, 0.6) is 5.75 Å². The number of nitro benzene ring substituents is 1. The normalized spacial score (nSPS) is 10.8. The van der Waals surface area contributed by atoms with Gasteiger partial charge in [-0.25, -0.2) is 4.79 Å². The third-order valence-electron chi connectivity index (χ3n) is 3.03. The number of phenolic OH excluding ortho intramolecular Hbond substituents is 1. The highest BCUT2D eigenvalue weighted by atomic mass is 16.6. The van der Waals surface area contributed by atoms with Crippen molar-refractivity contribution in [3.8, 4) is 5.75 Å². The third-order valence-corrected chi connectivity index (χ3v) is 3.03. The fourth-order valence-electron chi connectivity index (χ4n) is 1.87. The Labute approximate surface area is 125 Å². The summed E-state index contributed by atoms with van der Waals surface area (Å²) in [5.41, 5.74) is 1.10. The highest BCUT2D eigenvalue weighted by Crippen LogP contribution is 2.29. The molecule has 0 aromatic heterocycles. The largest absolute Gasteiger partial charge is 0.502 e. The number of carboxylic acid groups (broad SMARTS) is 1. The summed E-state index contributed by atoms with van der Waals surface area (Å²) in [4.78, 5) is 25.1. The lowest BCUT2D eigenvalue weighted by Gasteiger charge is -2.03. The monoisotopic (exact) mass is 300 g/mol. The predicted octanol–water partition coefficient (Wildman–Crippen LogP) is 3.06. The van der Waals surface area contributed by atoms with E-state index in [9.17, 15) is 20.0 Å². The Balaban J connectivity index is 2.35. The van der Waals surface area contributed by atoms with Crippen LogP contribution >= 0.6 is 0 Å². The number of nitrogens with zero attached hydrogens (tertiary/aromatic N) is 2. The number of para-hydroxylation sites is 1. The van der Waals surface area contributed by atoms with E-state index in [1.165, 1.54) is 42.6 Å². The number of aliphatic imine (C=N–C) groups is 1. The Kier molecular flexibility index (Phi) is 4.17. The molecule has 0 saturated carbocycles. The SMILES string of the molecule is Cc1cc(C(=O)O)ccc1N=Cc1cccc([N+](=O)[O-])c1O. The molecule has 0 spiro atoms. The number of carbonyl (C=O) groups is 1. The number of aryl methyl sites for hydroxylation is 1. The molecule has 22 heavy (non-hydrogen) atoms. The molecular formula is C15H12N2O5. The fourth-order valence-corrected chi connectivity index (χ4v) is 1.87. The Morgan fingerprint density at radius 1 is 1.32 bits per heavy atom. The summed E-state index contributed by atoms with van der Waals surface area (Å²) in [5.74, 6) is -1.49. The summed E-state index contributed by atoms with van der Waals surface area (Å²) < 4.78 is 0. The van der Waals surface area contributed by atoms with Crippen molar-refractivity contribution in [1.29, 1.82) is 0 Å². The maximum Gasteiger partial charge on any atom is 0.335 e. The lowest BCUT2D eigenvalue weighted by atomic mass is 10.1. The number of aromatic hydroxyl groups is 1. The summed E-state index contributed by atoms with van der Waals surface area (Å²) in [5, 5.41) is 29.5. The number of phenols is 1. The fraction of sp³-hybridized carbons (Fsp3) is 0.0667. The number of nitro groups is 1. The minimum absolute atomic E-state index is 0.148. The molecule has 0 aliphatic heterocycles. The Bertz CT molecular complexity index is 783. The number of hydrogen-bond acceptors (Lipinski definition) is 5. The van der Waals surface area contributed by atoms with Crippen molar-refractivity contribution in [3.63, 3.8) is 0 Å². The standard InChI is InChI=1S/C15H12N2O5/c1-9-7-10(15(19)20)5-6-12(9)16-8-11-3-2-4-13(14(11)18)17(21)22/h2-8,18H,1H3,(H,19,20). The maximum atomic E-state index is 10.9. The van der Waals surface area contributed by atoms with Gasteiger partial charge in [0.05, 0.1) is 16.2 Å². The van der Waals surface area contributed by atoms with Gasteiger partial charge in [0.15, 0.2) is 0 Å². The quantitative estimate of drug-likeness (QED) is 0.512. The van der Waals surface area contributed by atoms with Crippen LogP contribution in [0.4, 0.5) is 11.4 Å². The average Bonchev–Trinajstić information content (AvgIpc) is 2.46. The molecule has 2 rings (SSSR count). The Hall–Kier alpha value is -3.22. The van der Waals surface area contributed by atoms with Gasteiger partial charge >= 0.3 is 11.7 Å². The molecule has 7 nitrogen and oxygen atoms in total. The summed E-state index contributed by atoms with van der Waals surface area (Å²) in [7, 11) is 0. The van der Waals surface area contributed by atoms with Crippen LogP contribution < -0.4 is 0 Å². The first-order chi connectivity index (χ1) is 10.4. The van der Waals surface area contributed by atoms with E-state index >= 15 is 0 Å². The van der Waals surface area contributed by atoms with Gasteiger partial charge in [0, 0.05) is 17.8 Å². The van der Waals surface area contributed by atoms with Crippen molar-refractivity contribution < 1.29 is 19.9 Å². The lowest BCUT2D eigenvalue weighted by molar-refractivity contribution is -0.385. The first-order valence-electron chi connectivity index (χ1n) is 6.24. The molecule has 0 radical (unpaired) electrons. The zero-order valence-electron chi connectivity index (χ0n) is 11.6. The molecule has 0 atom stereocenters. The van der Waals surface area contributed by atoms with Gasteiger partial charge in [0.2, 0.25) is 5.75 Å². The Morgan fingerprint density at radius 2 is 2.05 bits per heavy atom. The van der Waals surface area contributed by atoms with Gasteiger partial charge in [-0.1, -0.05) is 6.07 Å². The van der Waals surface area contributed by atoms with E-state index in [1.54, 1.807) is 6.92 Å². The number of hydrogen-bond donors (Lipinski definition) is 2. The van der Waals surface area contributed by atoms with E-state index in [1.807, 2.05) is 0 Å². The molecule has 2 N–H and O–H groups in total. The summed E-state index contributed by atoms with van der Waals surface area (Å²) in [6.07, 6.45) is 1.30. The number of carboxylic acids is 1. The smallest absolute Gasteiger partial charge is 0.335 e. The molecule has 0 aliphatic carbocycles. The van der Waals surface area contributed by atoms with Crippen molar-refractivity contribution in [1.82, 2.24) is 0 Å². The molecular weight excluding hydrogens is 288 g/mol. The summed E-state index contributed by atoms with van der Waals surface area (Å²) >= 11 is 0. The molecule has 0 fully saturated rings. The third kappa shape index (κ3) is 3.09.